The minimum Gasteiger partial charge on any atom is -0.494 e. The molecule has 176 valence electrons. The van der Waals surface area contributed by atoms with Crippen molar-refractivity contribution >= 4 is 17.3 Å². The lowest BCUT2D eigenvalue weighted by Crippen LogP contribution is -2.24. The number of benzene rings is 3. The topological polar surface area (TPSA) is 125 Å². The number of unbranched alkanes of at least 4 members (excludes halogenated alkanes) is 2. The molecule has 0 unspecified atom stereocenters. The molecule has 0 aromatic heterocycles. The van der Waals surface area contributed by atoms with Gasteiger partial charge in [0.2, 0.25) is 0 Å². The fraction of sp³-hybridized carbons (Fsp3) is 0.240. The number of nitrogens with one attached hydrogen (secondary N) is 1. The second-order valence-electron chi connectivity index (χ2n) is 7.72. The first-order valence-corrected chi connectivity index (χ1v) is 10.9. The number of ether oxygens (including phenoxy) is 1. The monoisotopic (exact) mass is 463 g/mol. The molecule has 3 aromatic carbocycles. The second kappa shape index (κ2) is 12.1. The highest BCUT2D eigenvalue weighted by atomic mass is 16.6. The van der Waals surface area contributed by atoms with E-state index in [1.54, 1.807) is 0 Å². The highest BCUT2D eigenvalue weighted by molar-refractivity contribution is 5.95. The van der Waals surface area contributed by atoms with Gasteiger partial charge in [-0.3, -0.25) is 25.0 Å². The van der Waals surface area contributed by atoms with Crippen LogP contribution in [-0.4, -0.2) is 28.9 Å². The molecular weight excluding hydrogens is 438 g/mol. The average Bonchev–Trinajstić information content (AvgIpc) is 2.84. The van der Waals surface area contributed by atoms with E-state index in [2.05, 4.69) is 29.6 Å². The van der Waals surface area contributed by atoms with Crippen molar-refractivity contribution in [3.8, 4) is 5.75 Å². The molecule has 0 saturated heterocycles. The number of carbonyl (C=O) groups is 1. The number of amides is 1. The Morgan fingerprint density at radius 2 is 1.41 bits per heavy atom. The molecule has 1 N–H and O–H groups in total. The van der Waals surface area contributed by atoms with Crippen LogP contribution in [0.25, 0.3) is 0 Å². The third-order valence-electron chi connectivity index (χ3n) is 5.14. The Balaban J connectivity index is 1.35. The summed E-state index contributed by atoms with van der Waals surface area (Å²) < 4.78 is 5.76. The Kier molecular flexibility index (Phi) is 8.67. The van der Waals surface area contributed by atoms with E-state index >= 15 is 0 Å². The van der Waals surface area contributed by atoms with E-state index in [0.717, 1.165) is 43.2 Å². The van der Waals surface area contributed by atoms with Gasteiger partial charge in [-0.15, -0.1) is 0 Å². The molecular formula is C25H25N3O6. The molecule has 0 heterocycles. The molecule has 0 aliphatic carbocycles. The van der Waals surface area contributed by atoms with Crippen molar-refractivity contribution in [2.75, 3.05) is 13.2 Å². The maximum Gasteiger partial charge on any atom is 0.277 e. The maximum absolute atomic E-state index is 12.2. The molecule has 0 atom stereocenters. The lowest BCUT2D eigenvalue weighted by molar-refractivity contribution is -0.394. The quantitative estimate of drug-likeness (QED) is 0.227. The van der Waals surface area contributed by atoms with E-state index in [1.807, 2.05) is 30.3 Å². The zero-order chi connectivity index (χ0) is 24.3. The van der Waals surface area contributed by atoms with Gasteiger partial charge < -0.3 is 10.1 Å². The van der Waals surface area contributed by atoms with Crippen molar-refractivity contribution in [1.82, 2.24) is 5.32 Å². The molecule has 9 nitrogen and oxygen atoms in total. The number of rotatable bonds is 12. The van der Waals surface area contributed by atoms with E-state index < -0.39 is 27.1 Å². The number of carbonyl (C=O) groups excluding carboxylic acids is 1. The van der Waals surface area contributed by atoms with Crippen molar-refractivity contribution < 1.29 is 19.4 Å². The van der Waals surface area contributed by atoms with Crippen LogP contribution in [0.2, 0.25) is 0 Å². The van der Waals surface area contributed by atoms with Crippen LogP contribution in [-0.2, 0) is 6.42 Å². The number of non-ortho nitro benzene ring substituents is 2. The fourth-order valence-corrected chi connectivity index (χ4v) is 3.37. The van der Waals surface area contributed by atoms with Gasteiger partial charge in [0.25, 0.3) is 17.3 Å². The average molecular weight is 463 g/mol. The van der Waals surface area contributed by atoms with Gasteiger partial charge >= 0.3 is 0 Å². The lowest BCUT2D eigenvalue weighted by Gasteiger charge is -2.08. The zero-order valence-electron chi connectivity index (χ0n) is 18.5. The zero-order valence-corrected chi connectivity index (χ0v) is 18.5. The molecule has 9 heteroatoms. The normalized spacial score (nSPS) is 10.5. The maximum atomic E-state index is 12.2. The Morgan fingerprint density at radius 3 is 2.03 bits per heavy atom. The van der Waals surface area contributed by atoms with Crippen molar-refractivity contribution in [3.63, 3.8) is 0 Å². The Morgan fingerprint density at radius 1 is 0.794 bits per heavy atom. The van der Waals surface area contributed by atoms with Crippen LogP contribution in [0.15, 0.2) is 72.8 Å². The summed E-state index contributed by atoms with van der Waals surface area (Å²) in [4.78, 5) is 32.6. The molecule has 3 aromatic rings. The van der Waals surface area contributed by atoms with Gasteiger partial charge in [0.1, 0.15) is 5.75 Å². The van der Waals surface area contributed by atoms with Crippen LogP contribution in [0.5, 0.6) is 5.75 Å². The van der Waals surface area contributed by atoms with Gasteiger partial charge in [-0.05, 0) is 48.9 Å². The highest BCUT2D eigenvalue weighted by Crippen LogP contribution is 2.22. The SMILES string of the molecule is O=C(NCCCCCOc1ccc(Cc2ccccc2)cc1)c1cc([N+](=O)[O-])cc([N+](=O)[O-])c1. The number of hydrogen-bond acceptors (Lipinski definition) is 6. The van der Waals surface area contributed by atoms with Crippen molar-refractivity contribution in [1.29, 1.82) is 0 Å². The third-order valence-corrected chi connectivity index (χ3v) is 5.14. The van der Waals surface area contributed by atoms with Gasteiger partial charge in [0, 0.05) is 18.7 Å². The van der Waals surface area contributed by atoms with Crippen molar-refractivity contribution in [2.45, 2.75) is 25.7 Å². The first kappa shape index (κ1) is 24.4. The molecule has 0 aliphatic heterocycles. The summed E-state index contributed by atoms with van der Waals surface area (Å²) in [6.07, 6.45) is 3.16. The van der Waals surface area contributed by atoms with Gasteiger partial charge in [-0.1, -0.05) is 42.5 Å². The predicted octanol–water partition coefficient (Wildman–Crippen LogP) is 5.07. The van der Waals surface area contributed by atoms with Gasteiger partial charge in [0.15, 0.2) is 0 Å². The van der Waals surface area contributed by atoms with E-state index in [1.165, 1.54) is 11.1 Å². The minimum absolute atomic E-state index is 0.111. The van der Waals surface area contributed by atoms with E-state index in [4.69, 9.17) is 4.74 Å². The van der Waals surface area contributed by atoms with Crippen molar-refractivity contribution in [3.05, 3.63) is 110 Å². The smallest absolute Gasteiger partial charge is 0.277 e. The van der Waals surface area contributed by atoms with Crippen LogP contribution in [0.1, 0.15) is 40.7 Å². The van der Waals surface area contributed by atoms with Gasteiger partial charge in [-0.2, -0.15) is 0 Å². The third kappa shape index (κ3) is 7.40. The van der Waals surface area contributed by atoms with Gasteiger partial charge in [0.05, 0.1) is 28.1 Å². The number of nitrogens with zero attached hydrogens (tertiary/aromatic N) is 2. The molecule has 3 rings (SSSR count). The summed E-state index contributed by atoms with van der Waals surface area (Å²) in [6, 6.07) is 21.1. The summed E-state index contributed by atoms with van der Waals surface area (Å²) >= 11 is 0. The highest BCUT2D eigenvalue weighted by Gasteiger charge is 2.19. The fourth-order valence-electron chi connectivity index (χ4n) is 3.37. The van der Waals surface area contributed by atoms with E-state index in [-0.39, 0.29) is 5.56 Å². The van der Waals surface area contributed by atoms with E-state index in [0.29, 0.717) is 19.6 Å². The summed E-state index contributed by atoms with van der Waals surface area (Å²) in [5, 5.41) is 24.5. The largest absolute Gasteiger partial charge is 0.494 e. The first-order chi connectivity index (χ1) is 16.4. The molecule has 1 amide bonds. The summed E-state index contributed by atoms with van der Waals surface area (Å²) in [6.45, 7) is 0.895. The van der Waals surface area contributed by atoms with Crippen LogP contribution in [0, 0.1) is 20.2 Å². The Hall–Kier alpha value is -4.27. The number of nitro benzene ring substituents is 2. The van der Waals surface area contributed by atoms with Crippen molar-refractivity contribution in [2.24, 2.45) is 0 Å². The minimum atomic E-state index is -0.763. The molecule has 34 heavy (non-hydrogen) atoms. The molecule has 0 radical (unpaired) electrons. The van der Waals surface area contributed by atoms with Crippen LogP contribution in [0.3, 0.4) is 0 Å². The Bertz CT molecular complexity index is 1100. The molecule has 0 aliphatic rings. The predicted molar refractivity (Wildman–Crippen MR) is 127 cm³/mol. The Labute approximate surface area is 196 Å². The lowest BCUT2D eigenvalue weighted by atomic mass is 10.1. The van der Waals surface area contributed by atoms with Crippen LogP contribution < -0.4 is 10.1 Å². The second-order valence-corrected chi connectivity index (χ2v) is 7.72. The molecule has 0 spiro atoms. The standard InChI is InChI=1S/C25H25N3O6/c29-25(21-16-22(27(30)31)18-23(17-21)28(32)33)26-13-5-2-6-14-34-24-11-9-20(10-12-24)15-19-7-3-1-4-8-19/h1,3-4,7-12,16-18H,2,5-6,13-15H2,(H,26,29). The molecule has 0 fully saturated rings. The van der Waals surface area contributed by atoms with Crippen LogP contribution in [0.4, 0.5) is 11.4 Å². The summed E-state index contributed by atoms with van der Waals surface area (Å²) in [5.41, 5.74) is 1.37. The summed E-state index contributed by atoms with van der Waals surface area (Å²) in [7, 11) is 0. The number of nitro groups is 2. The van der Waals surface area contributed by atoms with E-state index in [9.17, 15) is 25.0 Å². The summed E-state index contributed by atoms with van der Waals surface area (Å²) in [5.74, 6) is 0.219. The van der Waals surface area contributed by atoms with Crippen LogP contribution >= 0.6 is 0 Å². The first-order valence-electron chi connectivity index (χ1n) is 10.9. The molecule has 0 saturated carbocycles. The molecule has 0 bridgehead atoms. The van der Waals surface area contributed by atoms with Gasteiger partial charge in [-0.25, -0.2) is 0 Å². The number of hydrogen-bond donors (Lipinski definition) is 1.